The molecule has 0 atom stereocenters. The molecular weight excluding hydrogens is 305 g/mol. The van der Waals surface area contributed by atoms with Gasteiger partial charge in [0, 0.05) is 12.1 Å². The smallest absolute Gasteiger partial charge is 0.320 e. The number of sulfonamides is 1. The zero-order valence-electron chi connectivity index (χ0n) is 11.3. The second-order valence-electron chi connectivity index (χ2n) is 4.08. The summed E-state index contributed by atoms with van der Waals surface area (Å²) in [7, 11) is -4.18. The van der Waals surface area contributed by atoms with Crippen LogP contribution in [0.5, 0.6) is 0 Å². The van der Waals surface area contributed by atoms with Crippen LogP contribution in [-0.2, 0) is 10.0 Å². The minimum Gasteiger partial charge on any atom is -0.320 e. The highest BCUT2D eigenvalue weighted by molar-refractivity contribution is 7.89. The lowest BCUT2D eigenvalue weighted by atomic mass is 10.2. The first-order chi connectivity index (χ1) is 9.70. The van der Waals surface area contributed by atoms with Crippen molar-refractivity contribution in [3.63, 3.8) is 0 Å². The average Bonchev–Trinajstić information content (AvgIpc) is 2.41. The van der Waals surface area contributed by atoms with Gasteiger partial charge in [-0.3, -0.25) is 0 Å². The molecule has 0 bridgehead atoms. The number of halogens is 3. The van der Waals surface area contributed by atoms with Crippen molar-refractivity contribution in [2.75, 3.05) is 19.6 Å². The molecule has 1 rings (SSSR count). The molecule has 0 aliphatic rings. The molecule has 0 heterocycles. The lowest BCUT2D eigenvalue weighted by Crippen LogP contribution is -2.38. The van der Waals surface area contributed by atoms with Gasteiger partial charge in [0.1, 0.15) is 6.54 Å². The van der Waals surface area contributed by atoms with E-state index in [1.165, 1.54) is 31.2 Å². The molecule has 2 N–H and O–H groups in total. The van der Waals surface area contributed by atoms with Crippen LogP contribution in [0.2, 0.25) is 0 Å². The van der Waals surface area contributed by atoms with Gasteiger partial charge in [-0.1, -0.05) is 18.8 Å². The van der Waals surface area contributed by atoms with E-state index in [2.05, 4.69) is 11.8 Å². The van der Waals surface area contributed by atoms with Gasteiger partial charge in [-0.15, -0.1) is 0 Å². The van der Waals surface area contributed by atoms with Crippen molar-refractivity contribution in [3.8, 4) is 11.8 Å². The van der Waals surface area contributed by atoms with Crippen LogP contribution in [0, 0.1) is 11.8 Å². The first-order valence-corrected chi connectivity index (χ1v) is 7.50. The maximum atomic E-state index is 12.4. The molecule has 0 aliphatic heterocycles. The summed E-state index contributed by atoms with van der Waals surface area (Å²) in [6.07, 6.45) is -4.59. The Morgan fingerprint density at radius 2 is 1.81 bits per heavy atom. The highest BCUT2D eigenvalue weighted by Gasteiger charge is 2.36. The van der Waals surface area contributed by atoms with Crippen LogP contribution >= 0.6 is 0 Å². The standard InChI is InChI=1S/C13H15F3N2O2S/c1-2-18(10-13(14,15)16)21(19,20)12-7-5-11(6-8-12)4-3-9-17/h5-8H,2,9-10,17H2,1H3. The predicted octanol–water partition coefficient (Wildman–Crippen LogP) is 1.57. The SMILES string of the molecule is CCN(CC(F)(F)F)S(=O)(=O)c1ccc(C#CCN)cc1. The molecule has 0 amide bonds. The van der Waals surface area contributed by atoms with E-state index in [1.807, 2.05) is 0 Å². The lowest BCUT2D eigenvalue weighted by molar-refractivity contribution is -0.135. The van der Waals surface area contributed by atoms with Crippen molar-refractivity contribution in [1.82, 2.24) is 4.31 Å². The fraction of sp³-hybridized carbons (Fsp3) is 0.385. The monoisotopic (exact) mass is 320 g/mol. The molecule has 0 radical (unpaired) electrons. The highest BCUT2D eigenvalue weighted by atomic mass is 32.2. The Morgan fingerprint density at radius 3 is 2.24 bits per heavy atom. The van der Waals surface area contributed by atoms with Crippen molar-refractivity contribution in [1.29, 1.82) is 0 Å². The van der Waals surface area contributed by atoms with Crippen molar-refractivity contribution < 1.29 is 21.6 Å². The minimum atomic E-state index is -4.59. The zero-order valence-corrected chi connectivity index (χ0v) is 12.1. The first kappa shape index (κ1) is 17.5. The van der Waals surface area contributed by atoms with Gasteiger partial charge in [0.05, 0.1) is 11.4 Å². The van der Waals surface area contributed by atoms with Gasteiger partial charge < -0.3 is 5.73 Å². The van der Waals surface area contributed by atoms with E-state index in [1.54, 1.807) is 0 Å². The van der Waals surface area contributed by atoms with E-state index in [0.29, 0.717) is 9.87 Å². The molecule has 0 aromatic heterocycles. The summed E-state index contributed by atoms with van der Waals surface area (Å²) in [6, 6.07) is 5.32. The predicted molar refractivity (Wildman–Crippen MR) is 72.9 cm³/mol. The van der Waals surface area contributed by atoms with E-state index in [4.69, 9.17) is 5.73 Å². The van der Waals surface area contributed by atoms with Gasteiger partial charge in [-0.2, -0.15) is 17.5 Å². The van der Waals surface area contributed by atoms with Crippen molar-refractivity contribution >= 4 is 10.0 Å². The van der Waals surface area contributed by atoms with Crippen LogP contribution in [0.4, 0.5) is 13.2 Å². The maximum absolute atomic E-state index is 12.4. The lowest BCUT2D eigenvalue weighted by Gasteiger charge is -2.21. The summed E-state index contributed by atoms with van der Waals surface area (Å²) in [4.78, 5) is -0.202. The second kappa shape index (κ2) is 6.93. The third-order valence-electron chi connectivity index (χ3n) is 2.54. The maximum Gasteiger partial charge on any atom is 0.402 e. The number of hydrogen-bond acceptors (Lipinski definition) is 3. The summed E-state index contributed by atoms with van der Waals surface area (Å²) in [6.45, 7) is -0.267. The van der Waals surface area contributed by atoms with Crippen LogP contribution in [-0.4, -0.2) is 38.5 Å². The largest absolute Gasteiger partial charge is 0.402 e. The van der Waals surface area contributed by atoms with E-state index in [-0.39, 0.29) is 18.0 Å². The number of nitrogens with zero attached hydrogens (tertiary/aromatic N) is 1. The molecule has 21 heavy (non-hydrogen) atoms. The molecule has 4 nitrogen and oxygen atoms in total. The zero-order chi connectivity index (χ0) is 16.1. The molecule has 0 saturated carbocycles. The Kier molecular flexibility index (Phi) is 5.78. The van der Waals surface area contributed by atoms with Crippen molar-refractivity contribution in [3.05, 3.63) is 29.8 Å². The molecule has 0 spiro atoms. The average molecular weight is 320 g/mol. The normalized spacial score (nSPS) is 12.1. The van der Waals surface area contributed by atoms with Crippen LogP contribution < -0.4 is 5.73 Å². The summed E-state index contributed by atoms with van der Waals surface area (Å²) < 4.78 is 61.9. The fourth-order valence-corrected chi connectivity index (χ4v) is 3.01. The van der Waals surface area contributed by atoms with Gasteiger partial charge in [0.25, 0.3) is 0 Å². The first-order valence-electron chi connectivity index (χ1n) is 6.06. The van der Waals surface area contributed by atoms with E-state index < -0.39 is 22.7 Å². The molecule has 0 aliphatic carbocycles. The Labute approximate surface area is 121 Å². The second-order valence-corrected chi connectivity index (χ2v) is 6.01. The summed E-state index contributed by atoms with van der Waals surface area (Å²) >= 11 is 0. The molecule has 0 unspecified atom stereocenters. The van der Waals surface area contributed by atoms with E-state index in [0.717, 1.165) is 0 Å². The van der Waals surface area contributed by atoms with Crippen LogP contribution in [0.1, 0.15) is 12.5 Å². The van der Waals surface area contributed by atoms with Gasteiger partial charge in [0.2, 0.25) is 10.0 Å². The number of hydrogen-bond donors (Lipinski definition) is 1. The van der Waals surface area contributed by atoms with Gasteiger partial charge in [0.15, 0.2) is 0 Å². The van der Waals surface area contributed by atoms with Crippen LogP contribution in [0.3, 0.4) is 0 Å². The Hall–Kier alpha value is -1.56. The minimum absolute atomic E-state index is 0.162. The molecule has 0 fully saturated rings. The van der Waals surface area contributed by atoms with E-state index in [9.17, 15) is 21.6 Å². The number of benzene rings is 1. The number of rotatable bonds is 4. The molecule has 1 aromatic carbocycles. The summed E-state index contributed by atoms with van der Waals surface area (Å²) in [5, 5.41) is 0. The number of nitrogens with two attached hydrogens (primary N) is 1. The Morgan fingerprint density at radius 1 is 1.24 bits per heavy atom. The topological polar surface area (TPSA) is 63.4 Å². The Bertz CT molecular complexity index is 628. The molecule has 1 aromatic rings. The molecule has 8 heteroatoms. The third kappa shape index (κ3) is 5.04. The summed E-state index contributed by atoms with van der Waals surface area (Å²) in [5.41, 5.74) is 5.75. The molecular formula is C13H15F3N2O2S. The van der Waals surface area contributed by atoms with Crippen molar-refractivity contribution in [2.45, 2.75) is 18.0 Å². The molecule has 0 saturated heterocycles. The van der Waals surface area contributed by atoms with Crippen molar-refractivity contribution in [2.24, 2.45) is 5.73 Å². The Balaban J connectivity index is 3.06. The number of alkyl halides is 3. The third-order valence-corrected chi connectivity index (χ3v) is 4.47. The quantitative estimate of drug-likeness (QED) is 0.857. The van der Waals surface area contributed by atoms with Crippen LogP contribution in [0.25, 0.3) is 0 Å². The molecule has 116 valence electrons. The van der Waals surface area contributed by atoms with Gasteiger partial charge in [-0.05, 0) is 24.3 Å². The van der Waals surface area contributed by atoms with Gasteiger partial charge in [-0.25, -0.2) is 8.42 Å². The fourth-order valence-electron chi connectivity index (χ4n) is 1.58. The van der Waals surface area contributed by atoms with Crippen LogP contribution in [0.15, 0.2) is 29.2 Å². The summed E-state index contributed by atoms with van der Waals surface area (Å²) in [5.74, 6) is 5.30. The van der Waals surface area contributed by atoms with Gasteiger partial charge >= 0.3 is 6.18 Å². The highest BCUT2D eigenvalue weighted by Crippen LogP contribution is 2.22. The van der Waals surface area contributed by atoms with E-state index >= 15 is 0 Å².